The first kappa shape index (κ1) is 21.8. The van der Waals surface area contributed by atoms with Crippen LogP contribution in [0.5, 0.6) is 0 Å². The molecule has 6 heteroatoms. The maximum Gasteiger partial charge on any atom is 0.251 e. The number of hydrogen-bond donors (Lipinski definition) is 1. The molecular weight excluding hydrogens is 366 g/mol. The van der Waals surface area contributed by atoms with Crippen LogP contribution >= 0.6 is 0 Å². The lowest BCUT2D eigenvalue weighted by atomic mass is 9.92. The first-order valence-corrected chi connectivity index (χ1v) is 10.9. The lowest BCUT2D eigenvalue weighted by Gasteiger charge is -2.35. The summed E-state index contributed by atoms with van der Waals surface area (Å²) in [4.78, 5) is 29.3. The van der Waals surface area contributed by atoms with Crippen molar-refractivity contribution in [3.63, 3.8) is 0 Å². The smallest absolute Gasteiger partial charge is 0.251 e. The van der Waals surface area contributed by atoms with Crippen molar-refractivity contribution in [1.29, 1.82) is 0 Å². The second kappa shape index (κ2) is 9.72. The molecule has 2 saturated heterocycles. The van der Waals surface area contributed by atoms with Crippen LogP contribution in [-0.2, 0) is 14.3 Å². The molecule has 1 atom stereocenters. The molecule has 0 aliphatic carbocycles. The topological polar surface area (TPSA) is 61.9 Å². The summed E-state index contributed by atoms with van der Waals surface area (Å²) in [6, 6.07) is 6.27. The van der Waals surface area contributed by atoms with E-state index in [2.05, 4.69) is 56.1 Å². The Morgan fingerprint density at radius 1 is 1.07 bits per heavy atom. The van der Waals surface area contributed by atoms with Crippen LogP contribution in [0.2, 0.25) is 0 Å². The molecule has 3 rings (SSSR count). The van der Waals surface area contributed by atoms with Crippen LogP contribution in [-0.4, -0.2) is 67.0 Å². The molecule has 2 aliphatic rings. The molecule has 1 aromatic rings. The number of ether oxygens (including phenoxy) is 1. The zero-order valence-electron chi connectivity index (χ0n) is 18.2. The summed E-state index contributed by atoms with van der Waals surface area (Å²) in [6.07, 6.45) is 1.54. The van der Waals surface area contributed by atoms with Crippen molar-refractivity contribution in [2.45, 2.75) is 58.5 Å². The van der Waals surface area contributed by atoms with Crippen molar-refractivity contribution in [2.24, 2.45) is 0 Å². The van der Waals surface area contributed by atoms with Gasteiger partial charge in [-0.05, 0) is 35.8 Å². The second-order valence-electron chi connectivity index (χ2n) is 8.77. The standard InChI is InChI=1S/C23H35N3O3/c1-16(2)18-7-5-8-19(17(3)4)22(18)24-21(27)15-25-10-12-26(13-11-25)23(28)20-9-6-14-29-20/h5,7-8,16-17,20H,6,9-15H2,1-4H3,(H,24,27). The third-order valence-electron chi connectivity index (χ3n) is 5.89. The molecule has 0 radical (unpaired) electrons. The molecule has 0 saturated carbocycles. The lowest BCUT2D eigenvalue weighted by molar-refractivity contribution is -0.142. The van der Waals surface area contributed by atoms with Crippen LogP contribution in [0.15, 0.2) is 18.2 Å². The third kappa shape index (κ3) is 5.37. The first-order chi connectivity index (χ1) is 13.9. The molecule has 1 unspecified atom stereocenters. The largest absolute Gasteiger partial charge is 0.368 e. The monoisotopic (exact) mass is 401 g/mol. The van der Waals surface area contributed by atoms with Gasteiger partial charge in [0.15, 0.2) is 0 Å². The Hall–Kier alpha value is -1.92. The molecule has 0 spiro atoms. The number of hydrogen-bond acceptors (Lipinski definition) is 4. The molecule has 1 N–H and O–H groups in total. The molecule has 6 nitrogen and oxygen atoms in total. The van der Waals surface area contributed by atoms with E-state index in [1.807, 2.05) is 4.90 Å². The van der Waals surface area contributed by atoms with Crippen LogP contribution in [0.25, 0.3) is 0 Å². The van der Waals surface area contributed by atoms with E-state index in [1.54, 1.807) is 0 Å². The fourth-order valence-corrected chi connectivity index (χ4v) is 4.18. The number of para-hydroxylation sites is 1. The van der Waals surface area contributed by atoms with Crippen LogP contribution in [0.3, 0.4) is 0 Å². The van der Waals surface area contributed by atoms with Crippen LogP contribution < -0.4 is 5.32 Å². The van der Waals surface area contributed by atoms with E-state index in [-0.39, 0.29) is 17.9 Å². The summed E-state index contributed by atoms with van der Waals surface area (Å²) < 4.78 is 5.52. The van der Waals surface area contributed by atoms with Gasteiger partial charge >= 0.3 is 0 Å². The number of nitrogens with one attached hydrogen (secondary N) is 1. The van der Waals surface area contributed by atoms with Crippen molar-refractivity contribution < 1.29 is 14.3 Å². The molecule has 2 fully saturated rings. The van der Waals surface area contributed by atoms with Gasteiger partial charge in [-0.15, -0.1) is 0 Å². The van der Waals surface area contributed by atoms with Gasteiger partial charge in [0.25, 0.3) is 5.91 Å². The Morgan fingerprint density at radius 2 is 1.69 bits per heavy atom. The first-order valence-electron chi connectivity index (χ1n) is 10.9. The van der Waals surface area contributed by atoms with E-state index in [1.165, 1.54) is 11.1 Å². The number of anilines is 1. The van der Waals surface area contributed by atoms with Crippen molar-refractivity contribution >= 4 is 17.5 Å². The zero-order valence-corrected chi connectivity index (χ0v) is 18.2. The average Bonchev–Trinajstić information content (AvgIpc) is 3.22. The summed E-state index contributed by atoms with van der Waals surface area (Å²) in [5, 5.41) is 3.19. The Kier molecular flexibility index (Phi) is 7.30. The Bertz CT molecular complexity index is 692. The van der Waals surface area contributed by atoms with Gasteiger partial charge < -0.3 is 15.0 Å². The quantitative estimate of drug-likeness (QED) is 0.795. The van der Waals surface area contributed by atoms with Gasteiger partial charge in [0.1, 0.15) is 6.10 Å². The van der Waals surface area contributed by atoms with Gasteiger partial charge in [-0.3, -0.25) is 14.5 Å². The number of amides is 2. The molecule has 0 aromatic heterocycles. The van der Waals surface area contributed by atoms with Gasteiger partial charge in [-0.25, -0.2) is 0 Å². The highest BCUT2D eigenvalue weighted by Gasteiger charge is 2.30. The highest BCUT2D eigenvalue weighted by Crippen LogP contribution is 2.32. The van der Waals surface area contributed by atoms with Gasteiger partial charge in [0, 0.05) is 38.5 Å². The van der Waals surface area contributed by atoms with E-state index in [0.717, 1.165) is 31.6 Å². The highest BCUT2D eigenvalue weighted by molar-refractivity contribution is 5.94. The fourth-order valence-electron chi connectivity index (χ4n) is 4.18. The van der Waals surface area contributed by atoms with Crippen molar-refractivity contribution in [2.75, 3.05) is 44.6 Å². The molecule has 29 heavy (non-hydrogen) atoms. The summed E-state index contributed by atoms with van der Waals surface area (Å²) in [7, 11) is 0. The normalized spacial score (nSPS) is 20.5. The molecule has 2 amide bonds. The number of rotatable bonds is 6. The van der Waals surface area contributed by atoms with Crippen LogP contribution in [0, 0.1) is 0 Å². The highest BCUT2D eigenvalue weighted by atomic mass is 16.5. The van der Waals surface area contributed by atoms with E-state index < -0.39 is 0 Å². The van der Waals surface area contributed by atoms with E-state index >= 15 is 0 Å². The van der Waals surface area contributed by atoms with Gasteiger partial charge in [0.2, 0.25) is 5.91 Å². The minimum atomic E-state index is -0.258. The molecule has 2 heterocycles. The maximum absolute atomic E-state index is 12.8. The second-order valence-corrected chi connectivity index (χ2v) is 8.77. The fraction of sp³-hybridized carbons (Fsp3) is 0.652. The number of piperazine rings is 1. The van der Waals surface area contributed by atoms with Crippen molar-refractivity contribution in [1.82, 2.24) is 9.80 Å². The van der Waals surface area contributed by atoms with E-state index in [4.69, 9.17) is 4.74 Å². The number of carbonyl (C=O) groups is 2. The van der Waals surface area contributed by atoms with Crippen LogP contribution in [0.4, 0.5) is 5.69 Å². The molecular formula is C23H35N3O3. The summed E-state index contributed by atoms with van der Waals surface area (Å²) in [6.45, 7) is 12.4. The average molecular weight is 402 g/mol. The molecule has 0 bridgehead atoms. The SMILES string of the molecule is CC(C)c1cccc(C(C)C)c1NC(=O)CN1CCN(C(=O)C2CCCO2)CC1. The van der Waals surface area contributed by atoms with Crippen molar-refractivity contribution in [3.8, 4) is 0 Å². The summed E-state index contributed by atoms with van der Waals surface area (Å²) in [5.41, 5.74) is 3.32. The molecule has 160 valence electrons. The number of nitrogens with zero attached hydrogens (tertiary/aromatic N) is 2. The number of benzene rings is 1. The molecule has 2 aliphatic heterocycles. The Labute approximate surface area is 174 Å². The minimum absolute atomic E-state index is 0.0129. The Morgan fingerprint density at radius 3 is 2.21 bits per heavy atom. The summed E-state index contributed by atoms with van der Waals surface area (Å²) >= 11 is 0. The zero-order chi connectivity index (χ0) is 21.0. The van der Waals surface area contributed by atoms with Crippen molar-refractivity contribution in [3.05, 3.63) is 29.3 Å². The van der Waals surface area contributed by atoms with Gasteiger partial charge in [-0.2, -0.15) is 0 Å². The van der Waals surface area contributed by atoms with E-state index in [0.29, 0.717) is 38.1 Å². The minimum Gasteiger partial charge on any atom is -0.368 e. The lowest BCUT2D eigenvalue weighted by Crippen LogP contribution is -2.52. The van der Waals surface area contributed by atoms with Crippen LogP contribution in [0.1, 0.15) is 63.5 Å². The summed E-state index contributed by atoms with van der Waals surface area (Å²) in [5.74, 6) is 0.811. The molecule has 1 aromatic carbocycles. The maximum atomic E-state index is 12.8. The number of carbonyl (C=O) groups excluding carboxylic acids is 2. The van der Waals surface area contributed by atoms with E-state index in [9.17, 15) is 9.59 Å². The predicted molar refractivity (Wildman–Crippen MR) is 115 cm³/mol. The van der Waals surface area contributed by atoms with Gasteiger partial charge in [-0.1, -0.05) is 45.9 Å². The van der Waals surface area contributed by atoms with Gasteiger partial charge in [0.05, 0.1) is 6.54 Å². The predicted octanol–water partition coefficient (Wildman–Crippen LogP) is 3.20. The Balaban J connectivity index is 1.56. The third-order valence-corrected chi connectivity index (χ3v) is 5.89.